The number of aryl methyl sites for hydroxylation is 3. The molecule has 0 N–H and O–H groups in total. The Kier molecular flexibility index (Phi) is 12.3. The highest BCUT2D eigenvalue weighted by Crippen LogP contribution is 2.49. The molecule has 0 bridgehead atoms. The van der Waals surface area contributed by atoms with Gasteiger partial charge in [0, 0.05) is 11.3 Å². The summed E-state index contributed by atoms with van der Waals surface area (Å²) in [6.07, 6.45) is 6.29. The maximum atomic E-state index is 4.04. The lowest BCUT2D eigenvalue weighted by atomic mass is 9.90. The minimum Gasteiger partial charge on any atom is -0.309 e. The molecule has 0 aliphatic carbocycles. The molecule has 0 unspecified atom stereocenters. The smallest absolute Gasteiger partial charge is 0.0561 e. The van der Waals surface area contributed by atoms with Crippen molar-refractivity contribution in [1.82, 2.24) is 0 Å². The van der Waals surface area contributed by atoms with Gasteiger partial charge in [-0.3, -0.25) is 0 Å². The maximum Gasteiger partial charge on any atom is 0.0561 e. The molecule has 1 aliphatic rings. The molecule has 7 aromatic rings. The van der Waals surface area contributed by atoms with E-state index < -0.39 is 0 Å². The van der Waals surface area contributed by atoms with Gasteiger partial charge >= 0.3 is 0 Å². The summed E-state index contributed by atoms with van der Waals surface area (Å²) >= 11 is 0. The molecule has 1 aliphatic heterocycles. The maximum absolute atomic E-state index is 4.04. The summed E-state index contributed by atoms with van der Waals surface area (Å²) in [6, 6.07) is 62.3. The van der Waals surface area contributed by atoms with Crippen molar-refractivity contribution in [1.29, 1.82) is 0 Å². The fourth-order valence-electron chi connectivity index (χ4n) is 6.88. The molecule has 1 nitrogen and oxygen atoms in total. The molecule has 266 valence electrons. The van der Waals surface area contributed by atoms with Gasteiger partial charge in [0.1, 0.15) is 0 Å². The van der Waals surface area contributed by atoms with Crippen molar-refractivity contribution in [2.45, 2.75) is 34.6 Å². The van der Waals surface area contributed by atoms with E-state index in [0.717, 1.165) is 11.3 Å². The number of fused-ring (bicyclic) bond motifs is 1. The second-order valence-corrected chi connectivity index (χ2v) is 13.2. The molecule has 1 heteroatoms. The first-order chi connectivity index (χ1) is 26.5. The van der Waals surface area contributed by atoms with Crippen LogP contribution in [0.4, 0.5) is 11.4 Å². The standard InChI is InChI=1S/C38H31N.C13H12.C2H6/c1-4-13-30(32-23-22-28(3)36(25-32)34-19-9-8-14-27(34)2)26-38-35-20-10-11-21-37(35)39(38)33-18-12-17-31(24-33)29-15-6-5-7-16-29;1-11-6-5-9-13(10-11)12-7-3-2-4-8-12;1-2/h4-26H,1H2,2-3H3;2-10H,1H3;1-2H3/b30-13+,38-26-;;. The van der Waals surface area contributed by atoms with Crippen molar-refractivity contribution in [3.05, 3.63) is 229 Å². The molecule has 0 radical (unpaired) electrons. The Labute approximate surface area is 322 Å². The zero-order valence-electron chi connectivity index (χ0n) is 32.1. The van der Waals surface area contributed by atoms with Gasteiger partial charge in [-0.25, -0.2) is 0 Å². The number of hydrogen-bond donors (Lipinski definition) is 0. The van der Waals surface area contributed by atoms with Gasteiger partial charge in [0.15, 0.2) is 0 Å². The van der Waals surface area contributed by atoms with Crippen LogP contribution >= 0.6 is 0 Å². The predicted molar refractivity (Wildman–Crippen MR) is 236 cm³/mol. The number of nitrogens with zero attached hydrogens (tertiary/aromatic N) is 1. The van der Waals surface area contributed by atoms with Gasteiger partial charge in [-0.1, -0.05) is 190 Å². The van der Waals surface area contributed by atoms with Gasteiger partial charge in [-0.15, -0.1) is 0 Å². The SMILES string of the molecule is C=C/C=C(\C=C1\c2ccccc2N1c1cccc(-c2ccccc2)c1)c1ccc(C)c(-c2ccccc2C)c1.CC.Cc1cccc(-c2ccccc2)c1. The van der Waals surface area contributed by atoms with Crippen molar-refractivity contribution in [2.24, 2.45) is 0 Å². The fraction of sp³-hybridized carbons (Fsp3) is 0.0943. The van der Waals surface area contributed by atoms with E-state index >= 15 is 0 Å². The highest BCUT2D eigenvalue weighted by molar-refractivity contribution is 6.06. The van der Waals surface area contributed by atoms with Crippen LogP contribution in [0.2, 0.25) is 0 Å². The molecule has 8 rings (SSSR count). The Hall–Kier alpha value is -6.44. The molecule has 0 spiro atoms. The van der Waals surface area contributed by atoms with Gasteiger partial charge in [-0.05, 0) is 107 Å². The summed E-state index contributed by atoms with van der Waals surface area (Å²) < 4.78 is 0. The van der Waals surface area contributed by atoms with E-state index in [0.29, 0.717) is 0 Å². The summed E-state index contributed by atoms with van der Waals surface area (Å²) in [5.41, 5.74) is 18.5. The van der Waals surface area contributed by atoms with Crippen LogP contribution in [0.5, 0.6) is 0 Å². The molecule has 0 fully saturated rings. The lowest BCUT2D eigenvalue weighted by Crippen LogP contribution is -2.26. The van der Waals surface area contributed by atoms with Gasteiger partial charge in [-0.2, -0.15) is 0 Å². The van der Waals surface area contributed by atoms with Crippen LogP contribution in [-0.4, -0.2) is 0 Å². The summed E-state index contributed by atoms with van der Waals surface area (Å²) in [6.45, 7) is 14.5. The number of benzene rings is 7. The second kappa shape index (κ2) is 17.9. The van der Waals surface area contributed by atoms with Gasteiger partial charge in [0.2, 0.25) is 0 Å². The number of rotatable bonds is 7. The zero-order valence-corrected chi connectivity index (χ0v) is 32.1. The van der Waals surface area contributed by atoms with Crippen LogP contribution in [0.1, 0.15) is 41.7 Å². The summed E-state index contributed by atoms with van der Waals surface area (Å²) in [4.78, 5) is 2.36. The third kappa shape index (κ3) is 8.44. The Balaban J connectivity index is 0.000000278. The van der Waals surface area contributed by atoms with Crippen molar-refractivity contribution < 1.29 is 0 Å². The quantitative estimate of drug-likeness (QED) is 0.150. The molecule has 0 aromatic heterocycles. The summed E-state index contributed by atoms with van der Waals surface area (Å²) in [5.74, 6) is 0. The van der Waals surface area contributed by atoms with Crippen LogP contribution in [0.3, 0.4) is 0 Å². The first-order valence-corrected chi connectivity index (χ1v) is 18.9. The minimum atomic E-state index is 1.13. The number of hydrogen-bond acceptors (Lipinski definition) is 1. The van der Waals surface area contributed by atoms with Gasteiger partial charge in [0.25, 0.3) is 0 Å². The van der Waals surface area contributed by atoms with Gasteiger partial charge in [0.05, 0.1) is 11.4 Å². The number of anilines is 2. The van der Waals surface area contributed by atoms with E-state index in [4.69, 9.17) is 0 Å². The van der Waals surface area contributed by atoms with E-state index in [9.17, 15) is 0 Å². The van der Waals surface area contributed by atoms with Crippen LogP contribution < -0.4 is 4.90 Å². The van der Waals surface area contributed by atoms with E-state index in [1.807, 2.05) is 26.0 Å². The predicted octanol–water partition coefficient (Wildman–Crippen LogP) is 15.1. The average molecular weight is 700 g/mol. The van der Waals surface area contributed by atoms with E-state index in [1.54, 1.807) is 0 Å². The average Bonchev–Trinajstić information content (AvgIpc) is 3.22. The van der Waals surface area contributed by atoms with Crippen molar-refractivity contribution in [2.75, 3.05) is 4.90 Å². The summed E-state index contributed by atoms with van der Waals surface area (Å²) in [7, 11) is 0. The van der Waals surface area contributed by atoms with Gasteiger partial charge < -0.3 is 4.90 Å². The van der Waals surface area contributed by atoms with Crippen LogP contribution in [-0.2, 0) is 0 Å². The van der Waals surface area contributed by atoms with Crippen LogP contribution in [0.15, 0.2) is 201 Å². The minimum absolute atomic E-state index is 1.13. The Morgan fingerprint density at radius 3 is 1.69 bits per heavy atom. The molecular weight excluding hydrogens is 651 g/mol. The fourth-order valence-corrected chi connectivity index (χ4v) is 6.88. The molecule has 0 saturated carbocycles. The topological polar surface area (TPSA) is 3.24 Å². The van der Waals surface area contributed by atoms with Crippen LogP contribution in [0, 0.1) is 20.8 Å². The second-order valence-electron chi connectivity index (χ2n) is 13.2. The zero-order chi connectivity index (χ0) is 37.9. The normalized spacial score (nSPS) is 12.4. The third-order valence-corrected chi connectivity index (χ3v) is 9.59. The summed E-state index contributed by atoms with van der Waals surface area (Å²) in [5, 5.41) is 0. The lowest BCUT2D eigenvalue weighted by Gasteiger charge is -2.39. The first-order valence-electron chi connectivity index (χ1n) is 18.9. The largest absolute Gasteiger partial charge is 0.309 e. The van der Waals surface area contributed by atoms with Crippen molar-refractivity contribution in [3.8, 4) is 33.4 Å². The molecule has 1 heterocycles. The van der Waals surface area contributed by atoms with E-state index in [1.165, 1.54) is 72.6 Å². The molecule has 54 heavy (non-hydrogen) atoms. The molecule has 0 saturated heterocycles. The Bertz CT molecular complexity index is 2390. The lowest BCUT2D eigenvalue weighted by molar-refractivity contribution is 1.21. The monoisotopic (exact) mass is 699 g/mol. The molecule has 0 amide bonds. The van der Waals surface area contributed by atoms with Crippen LogP contribution in [0.25, 0.3) is 44.7 Å². The number of allylic oxidation sites excluding steroid dienone is 4. The first kappa shape index (κ1) is 37.3. The Morgan fingerprint density at radius 1 is 0.481 bits per heavy atom. The number of para-hydroxylation sites is 1. The van der Waals surface area contributed by atoms with E-state index in [2.05, 4.69) is 214 Å². The third-order valence-electron chi connectivity index (χ3n) is 9.59. The van der Waals surface area contributed by atoms with E-state index in [-0.39, 0.29) is 0 Å². The van der Waals surface area contributed by atoms with Crippen molar-refractivity contribution in [3.63, 3.8) is 0 Å². The molecule has 0 atom stereocenters. The molecular formula is C53H49N. The Morgan fingerprint density at radius 2 is 1.04 bits per heavy atom. The highest BCUT2D eigenvalue weighted by Gasteiger charge is 2.30. The molecule has 7 aromatic carbocycles. The van der Waals surface area contributed by atoms with Crippen molar-refractivity contribution >= 4 is 22.6 Å². The highest BCUT2D eigenvalue weighted by atomic mass is 15.2.